The van der Waals surface area contributed by atoms with Gasteiger partial charge in [-0.05, 0) is 159 Å². The number of benzene rings is 7. The number of para-hydroxylation sites is 2. The predicted molar refractivity (Wildman–Crippen MR) is 248 cm³/mol. The van der Waals surface area contributed by atoms with Crippen molar-refractivity contribution in [1.29, 1.82) is 0 Å². The summed E-state index contributed by atoms with van der Waals surface area (Å²) in [4.78, 5) is 5.32. The topological polar surface area (TPSA) is 6.48 Å². The molecule has 0 saturated heterocycles. The van der Waals surface area contributed by atoms with Crippen LogP contribution in [0.25, 0.3) is 22.3 Å². The lowest BCUT2D eigenvalue weighted by molar-refractivity contribution is -0.0419. The molecule has 4 aliphatic carbocycles. The first-order chi connectivity index (χ1) is 28.9. The zero-order valence-electron chi connectivity index (χ0n) is 34.3. The monoisotopic (exact) mass is 760 g/mol. The van der Waals surface area contributed by atoms with Gasteiger partial charge in [-0.2, -0.15) is 0 Å². The van der Waals surface area contributed by atoms with Crippen molar-refractivity contribution in [2.45, 2.75) is 63.7 Å². The molecule has 3 aliphatic heterocycles. The minimum atomic E-state index is 0.00750. The van der Waals surface area contributed by atoms with Crippen molar-refractivity contribution in [3.8, 4) is 22.3 Å². The Balaban J connectivity index is 1.10. The van der Waals surface area contributed by atoms with Crippen LogP contribution in [0.4, 0.5) is 34.1 Å². The Morgan fingerprint density at radius 3 is 1.71 bits per heavy atom. The molecule has 0 unspecified atom stereocenters. The van der Waals surface area contributed by atoms with Gasteiger partial charge in [0.15, 0.2) is 0 Å². The van der Waals surface area contributed by atoms with Crippen molar-refractivity contribution in [3.63, 3.8) is 0 Å². The van der Waals surface area contributed by atoms with Gasteiger partial charge in [0.05, 0.1) is 5.69 Å². The maximum absolute atomic E-state index is 2.72. The number of rotatable bonds is 3. The largest absolute Gasteiger partial charge is 0.311 e. The Labute approximate surface area is 349 Å². The lowest BCUT2D eigenvalue weighted by Crippen LogP contribution is -2.64. The molecule has 7 aliphatic rings. The van der Waals surface area contributed by atoms with E-state index in [0.29, 0.717) is 11.8 Å². The summed E-state index contributed by atoms with van der Waals surface area (Å²) in [6.07, 6.45) is 7.00. The van der Waals surface area contributed by atoms with E-state index in [1.165, 1.54) is 110 Å². The number of nitrogens with zero attached hydrogens (tertiary/aromatic N) is 2. The molecule has 59 heavy (non-hydrogen) atoms. The van der Waals surface area contributed by atoms with Gasteiger partial charge in [0.1, 0.15) is 0 Å². The van der Waals surface area contributed by atoms with Gasteiger partial charge in [-0.1, -0.05) is 136 Å². The van der Waals surface area contributed by atoms with Crippen LogP contribution in [-0.4, -0.2) is 6.71 Å². The van der Waals surface area contributed by atoms with Crippen LogP contribution in [0.5, 0.6) is 0 Å². The van der Waals surface area contributed by atoms with Crippen molar-refractivity contribution in [2.75, 3.05) is 9.80 Å². The van der Waals surface area contributed by atoms with Gasteiger partial charge in [0.2, 0.25) is 0 Å². The molecule has 4 saturated carbocycles. The van der Waals surface area contributed by atoms with Gasteiger partial charge >= 0.3 is 0 Å². The number of hydrogen-bond donors (Lipinski definition) is 0. The Bertz CT molecular complexity index is 2770. The summed E-state index contributed by atoms with van der Waals surface area (Å²) in [5.74, 6) is 3.23. The van der Waals surface area contributed by atoms with Gasteiger partial charge in [-0.25, -0.2) is 0 Å². The summed E-state index contributed by atoms with van der Waals surface area (Å²) in [5.41, 5.74) is 21.8. The van der Waals surface area contributed by atoms with Gasteiger partial charge in [-0.3, -0.25) is 0 Å². The molecule has 7 aromatic rings. The van der Waals surface area contributed by atoms with Crippen LogP contribution in [0.15, 0.2) is 158 Å². The van der Waals surface area contributed by atoms with E-state index in [9.17, 15) is 0 Å². The molecule has 0 amide bonds. The van der Waals surface area contributed by atoms with Gasteiger partial charge < -0.3 is 9.80 Å². The first kappa shape index (κ1) is 34.1. The Kier molecular flexibility index (Phi) is 7.01. The highest BCUT2D eigenvalue weighted by Crippen LogP contribution is 2.69. The molecule has 3 heteroatoms. The average molecular weight is 761 g/mol. The van der Waals surface area contributed by atoms with Crippen LogP contribution < -0.4 is 26.2 Å². The third-order valence-corrected chi connectivity index (χ3v) is 15.7. The highest BCUT2D eigenvalue weighted by Gasteiger charge is 2.62. The van der Waals surface area contributed by atoms with Crippen LogP contribution >= 0.6 is 0 Å². The molecule has 4 fully saturated rings. The van der Waals surface area contributed by atoms with Crippen molar-refractivity contribution in [2.24, 2.45) is 23.7 Å². The van der Waals surface area contributed by atoms with Gasteiger partial charge in [-0.15, -0.1) is 0 Å². The third kappa shape index (κ3) is 4.65. The second-order valence-corrected chi connectivity index (χ2v) is 19.8. The van der Waals surface area contributed by atoms with Crippen molar-refractivity contribution < 1.29 is 0 Å². The smallest absolute Gasteiger partial charge is 0.252 e. The van der Waals surface area contributed by atoms with Crippen molar-refractivity contribution in [1.82, 2.24) is 0 Å². The Morgan fingerprint density at radius 1 is 0.475 bits per heavy atom. The molecule has 14 rings (SSSR count). The zero-order valence-corrected chi connectivity index (χ0v) is 34.3. The van der Waals surface area contributed by atoms with E-state index >= 15 is 0 Å². The number of fused-ring (bicyclic) bond motifs is 6. The molecule has 0 radical (unpaired) electrons. The lowest BCUT2D eigenvalue weighted by atomic mass is 9.32. The Morgan fingerprint density at radius 2 is 1.05 bits per heavy atom. The predicted octanol–water partition coefficient (Wildman–Crippen LogP) is 12.5. The average Bonchev–Trinajstić information content (AvgIpc) is 3.26. The summed E-state index contributed by atoms with van der Waals surface area (Å²) in [5, 5.41) is 0. The fourth-order valence-corrected chi connectivity index (χ4v) is 13.6. The maximum Gasteiger partial charge on any atom is 0.252 e. The summed E-state index contributed by atoms with van der Waals surface area (Å²) in [6.45, 7) is 7.21. The maximum atomic E-state index is 2.72. The molecule has 286 valence electrons. The van der Waals surface area contributed by atoms with Crippen molar-refractivity contribution in [3.05, 3.63) is 174 Å². The van der Waals surface area contributed by atoms with E-state index < -0.39 is 0 Å². The quantitative estimate of drug-likeness (QED) is 0.166. The van der Waals surface area contributed by atoms with E-state index in [0.717, 1.165) is 11.8 Å². The fourth-order valence-electron chi connectivity index (χ4n) is 13.6. The second-order valence-electron chi connectivity index (χ2n) is 19.8. The van der Waals surface area contributed by atoms with Gasteiger partial charge in [0.25, 0.3) is 6.71 Å². The number of anilines is 6. The second kappa shape index (κ2) is 12.1. The molecule has 0 atom stereocenters. The fraction of sp³-hybridized carbons (Fsp3) is 0.250. The van der Waals surface area contributed by atoms with Gasteiger partial charge in [0, 0.05) is 33.9 Å². The van der Waals surface area contributed by atoms with E-state index in [4.69, 9.17) is 0 Å². The lowest BCUT2D eigenvalue weighted by Gasteiger charge is -2.64. The van der Waals surface area contributed by atoms with E-state index in [-0.39, 0.29) is 17.5 Å². The first-order valence-corrected chi connectivity index (χ1v) is 22.2. The van der Waals surface area contributed by atoms with Crippen LogP contribution in [0.1, 0.15) is 69.6 Å². The molecule has 3 heterocycles. The first-order valence-electron chi connectivity index (χ1n) is 22.2. The Hall–Kier alpha value is -5.80. The molecule has 2 nitrogen and oxygen atoms in total. The van der Waals surface area contributed by atoms with Crippen LogP contribution in [-0.2, 0) is 10.8 Å². The standard InChI is InChI=1S/C56H49BN2/c1-55(2,3)41-24-25-50-48(34-41)57-47-20-12-19-46-54(47)59(49-21-11-10-18-45(49)56(46)42-27-35-26-36(29-42)30-43(56)28-35)52-23-13-22-51(53(52)57)58(50)44-32-39(37-14-6-4-7-15-37)31-40(33-44)38-16-8-5-9-17-38/h4-25,31-36,42-43H,26-30H2,1-3H3. The molecule has 0 aromatic heterocycles. The molecule has 1 spiro atoms. The van der Waals surface area contributed by atoms with Crippen LogP contribution in [0, 0.1) is 23.7 Å². The third-order valence-electron chi connectivity index (χ3n) is 15.7. The summed E-state index contributed by atoms with van der Waals surface area (Å²) in [7, 11) is 0. The van der Waals surface area contributed by atoms with Crippen molar-refractivity contribution >= 4 is 57.2 Å². The highest BCUT2D eigenvalue weighted by atomic mass is 15.2. The highest BCUT2D eigenvalue weighted by molar-refractivity contribution is 7.00. The van der Waals surface area contributed by atoms with E-state index in [2.05, 4.69) is 188 Å². The van der Waals surface area contributed by atoms with E-state index in [1.807, 2.05) is 0 Å². The summed E-state index contributed by atoms with van der Waals surface area (Å²) < 4.78 is 0. The van der Waals surface area contributed by atoms with Crippen LogP contribution in [0.2, 0.25) is 0 Å². The molecular formula is C56H49BN2. The zero-order chi connectivity index (χ0) is 39.2. The summed E-state index contributed by atoms with van der Waals surface area (Å²) >= 11 is 0. The minimum Gasteiger partial charge on any atom is -0.311 e. The minimum absolute atomic E-state index is 0.00750. The molecule has 4 bridgehead atoms. The SMILES string of the molecule is CC(C)(C)c1ccc2c(c1)B1c3cccc4c3N(c3ccccc3C43C4CC5CC(C4)CC3C5)c3cccc(c31)N2c1cc(-c2ccccc2)cc(-c2ccccc2)c1. The molecular weight excluding hydrogens is 711 g/mol. The summed E-state index contributed by atoms with van der Waals surface area (Å²) in [6, 6.07) is 60.8. The number of hydrogen-bond acceptors (Lipinski definition) is 2. The van der Waals surface area contributed by atoms with E-state index in [1.54, 1.807) is 11.1 Å². The van der Waals surface area contributed by atoms with Crippen LogP contribution in [0.3, 0.4) is 0 Å². The normalized spacial score (nSPS) is 23.8. The molecule has 7 aromatic carbocycles. The molecule has 0 N–H and O–H groups in total.